The molecule has 0 saturated carbocycles. The van der Waals surface area contributed by atoms with Crippen molar-refractivity contribution in [3.8, 4) is 0 Å². The second-order valence-corrected chi connectivity index (χ2v) is 4.88. The molecular formula is C17H19F2NO. The van der Waals surface area contributed by atoms with Crippen LogP contribution in [0.25, 0.3) is 0 Å². The monoisotopic (exact) mass is 291 g/mol. The lowest BCUT2D eigenvalue weighted by Crippen LogP contribution is -2.18. The largest absolute Gasteiger partial charge is 0.384 e. The van der Waals surface area contributed by atoms with Gasteiger partial charge in [-0.15, -0.1) is 0 Å². The molecule has 2 nitrogen and oxygen atoms in total. The maximum atomic E-state index is 13.4. The molecule has 1 unspecified atom stereocenters. The van der Waals surface area contributed by atoms with Gasteiger partial charge in [0.2, 0.25) is 0 Å². The summed E-state index contributed by atoms with van der Waals surface area (Å²) in [6.07, 6.45) is 0.853. The maximum absolute atomic E-state index is 13.4. The van der Waals surface area contributed by atoms with E-state index >= 15 is 0 Å². The number of hydrogen-bond acceptors (Lipinski definition) is 2. The molecule has 2 aromatic rings. The lowest BCUT2D eigenvalue weighted by atomic mass is 9.97. The normalized spacial score (nSPS) is 12.4. The van der Waals surface area contributed by atoms with Crippen LogP contribution >= 0.6 is 0 Å². The Morgan fingerprint density at radius 3 is 2.24 bits per heavy atom. The van der Waals surface area contributed by atoms with Gasteiger partial charge < -0.3 is 10.1 Å². The van der Waals surface area contributed by atoms with E-state index in [1.165, 1.54) is 11.6 Å². The van der Waals surface area contributed by atoms with Gasteiger partial charge in [0.15, 0.2) is 11.6 Å². The highest BCUT2D eigenvalue weighted by atomic mass is 19.2. The smallest absolute Gasteiger partial charge is 0.159 e. The zero-order valence-electron chi connectivity index (χ0n) is 12.2. The summed E-state index contributed by atoms with van der Waals surface area (Å²) in [6, 6.07) is 11.9. The molecule has 4 heteroatoms. The number of benzene rings is 2. The Labute approximate surface area is 123 Å². The first-order chi connectivity index (χ1) is 10.2. The van der Waals surface area contributed by atoms with E-state index in [4.69, 9.17) is 4.74 Å². The van der Waals surface area contributed by atoms with E-state index < -0.39 is 11.6 Å². The molecular weight excluding hydrogens is 272 g/mol. The first-order valence-corrected chi connectivity index (χ1v) is 6.85. The minimum Gasteiger partial charge on any atom is -0.384 e. The van der Waals surface area contributed by atoms with Gasteiger partial charge in [-0.25, -0.2) is 8.78 Å². The van der Waals surface area contributed by atoms with Gasteiger partial charge in [-0.05, 0) is 42.3 Å². The van der Waals surface area contributed by atoms with Crippen molar-refractivity contribution < 1.29 is 13.5 Å². The van der Waals surface area contributed by atoms with Crippen LogP contribution in [0.5, 0.6) is 0 Å². The molecule has 21 heavy (non-hydrogen) atoms. The molecule has 0 aliphatic rings. The Balaban J connectivity index is 2.22. The van der Waals surface area contributed by atoms with E-state index in [-0.39, 0.29) is 6.04 Å². The Morgan fingerprint density at radius 1 is 1.00 bits per heavy atom. The average Bonchev–Trinajstić information content (AvgIpc) is 2.50. The minimum atomic E-state index is -0.830. The predicted molar refractivity (Wildman–Crippen MR) is 79.3 cm³/mol. The standard InChI is InChI=1S/C17H19F2NO/c1-20-17(14-7-8-15(18)16(19)11-14)13-5-3-12(4-6-13)9-10-21-2/h3-8,11,17,20H,9-10H2,1-2H3. The molecule has 0 radical (unpaired) electrons. The van der Waals surface area contributed by atoms with Gasteiger partial charge in [0, 0.05) is 7.11 Å². The van der Waals surface area contributed by atoms with Crippen molar-refractivity contribution in [3.05, 3.63) is 70.8 Å². The molecule has 0 bridgehead atoms. The third-order valence-corrected chi connectivity index (χ3v) is 3.47. The summed E-state index contributed by atoms with van der Waals surface area (Å²) in [4.78, 5) is 0. The fraction of sp³-hybridized carbons (Fsp3) is 0.294. The highest BCUT2D eigenvalue weighted by Gasteiger charge is 2.14. The second kappa shape index (κ2) is 7.29. The quantitative estimate of drug-likeness (QED) is 0.880. The van der Waals surface area contributed by atoms with Gasteiger partial charge in [0.05, 0.1) is 12.6 Å². The van der Waals surface area contributed by atoms with Crippen LogP contribution < -0.4 is 5.32 Å². The van der Waals surface area contributed by atoms with Crippen LogP contribution in [0.2, 0.25) is 0 Å². The Hall–Kier alpha value is -1.78. The van der Waals surface area contributed by atoms with E-state index in [1.807, 2.05) is 24.3 Å². The van der Waals surface area contributed by atoms with Crippen LogP contribution in [-0.2, 0) is 11.2 Å². The lowest BCUT2D eigenvalue weighted by molar-refractivity contribution is 0.202. The molecule has 0 aliphatic heterocycles. The zero-order chi connectivity index (χ0) is 15.2. The first kappa shape index (κ1) is 15.6. The van der Waals surface area contributed by atoms with E-state index in [0.29, 0.717) is 12.2 Å². The van der Waals surface area contributed by atoms with Crippen molar-refractivity contribution in [2.24, 2.45) is 0 Å². The summed E-state index contributed by atoms with van der Waals surface area (Å²) >= 11 is 0. The van der Waals surface area contributed by atoms with Crippen LogP contribution in [-0.4, -0.2) is 20.8 Å². The second-order valence-electron chi connectivity index (χ2n) is 4.88. The van der Waals surface area contributed by atoms with Crippen molar-refractivity contribution >= 4 is 0 Å². The van der Waals surface area contributed by atoms with Gasteiger partial charge in [0.1, 0.15) is 0 Å². The van der Waals surface area contributed by atoms with Crippen LogP contribution in [0, 0.1) is 11.6 Å². The van der Waals surface area contributed by atoms with Gasteiger partial charge >= 0.3 is 0 Å². The van der Waals surface area contributed by atoms with E-state index in [9.17, 15) is 8.78 Å². The maximum Gasteiger partial charge on any atom is 0.159 e. The molecule has 0 amide bonds. The first-order valence-electron chi connectivity index (χ1n) is 6.85. The molecule has 1 atom stereocenters. The number of halogens is 2. The molecule has 0 aromatic heterocycles. The van der Waals surface area contributed by atoms with Gasteiger partial charge in [-0.3, -0.25) is 0 Å². The number of ether oxygens (including phenoxy) is 1. The predicted octanol–water partition coefficient (Wildman–Crippen LogP) is 3.46. The van der Waals surface area contributed by atoms with E-state index in [0.717, 1.165) is 18.1 Å². The molecule has 0 aliphatic carbocycles. The molecule has 2 rings (SSSR count). The topological polar surface area (TPSA) is 21.3 Å². The average molecular weight is 291 g/mol. The molecule has 1 N–H and O–H groups in total. The van der Waals surface area contributed by atoms with Crippen molar-refractivity contribution in [1.29, 1.82) is 0 Å². The van der Waals surface area contributed by atoms with E-state index in [1.54, 1.807) is 20.2 Å². The number of methoxy groups -OCH3 is 1. The lowest BCUT2D eigenvalue weighted by Gasteiger charge is -2.18. The Kier molecular flexibility index (Phi) is 5.42. The van der Waals surface area contributed by atoms with Gasteiger partial charge in [0.25, 0.3) is 0 Å². The third-order valence-electron chi connectivity index (χ3n) is 3.47. The number of nitrogens with one attached hydrogen (secondary N) is 1. The van der Waals surface area contributed by atoms with E-state index in [2.05, 4.69) is 5.32 Å². The summed E-state index contributed by atoms with van der Waals surface area (Å²) in [5.74, 6) is -1.66. The third kappa shape index (κ3) is 3.86. The van der Waals surface area contributed by atoms with Crippen LogP contribution in [0.1, 0.15) is 22.7 Å². The summed E-state index contributed by atoms with van der Waals surface area (Å²) in [7, 11) is 3.47. The number of rotatable bonds is 6. The highest BCUT2D eigenvalue weighted by Crippen LogP contribution is 2.23. The summed E-state index contributed by atoms with van der Waals surface area (Å²) in [5, 5.41) is 3.13. The fourth-order valence-electron chi connectivity index (χ4n) is 2.31. The molecule has 112 valence electrons. The fourth-order valence-corrected chi connectivity index (χ4v) is 2.31. The summed E-state index contributed by atoms with van der Waals surface area (Å²) in [5.41, 5.74) is 2.88. The summed E-state index contributed by atoms with van der Waals surface area (Å²) in [6.45, 7) is 0.679. The highest BCUT2D eigenvalue weighted by molar-refractivity contribution is 5.34. The SMILES string of the molecule is CNC(c1ccc(CCOC)cc1)c1ccc(F)c(F)c1. The zero-order valence-corrected chi connectivity index (χ0v) is 12.2. The van der Waals surface area contributed by atoms with Crippen LogP contribution in [0.4, 0.5) is 8.78 Å². The Morgan fingerprint density at radius 2 is 1.67 bits per heavy atom. The van der Waals surface area contributed by atoms with Crippen molar-refractivity contribution in [2.45, 2.75) is 12.5 Å². The minimum absolute atomic E-state index is 0.170. The van der Waals surface area contributed by atoms with Crippen LogP contribution in [0.15, 0.2) is 42.5 Å². The van der Waals surface area contributed by atoms with Gasteiger partial charge in [-0.1, -0.05) is 30.3 Å². The van der Waals surface area contributed by atoms with Crippen molar-refractivity contribution in [1.82, 2.24) is 5.32 Å². The molecule has 0 saturated heterocycles. The van der Waals surface area contributed by atoms with Crippen molar-refractivity contribution in [3.63, 3.8) is 0 Å². The van der Waals surface area contributed by atoms with Crippen LogP contribution in [0.3, 0.4) is 0 Å². The van der Waals surface area contributed by atoms with Gasteiger partial charge in [-0.2, -0.15) is 0 Å². The molecule has 0 heterocycles. The Bertz CT molecular complexity index is 584. The number of hydrogen-bond donors (Lipinski definition) is 1. The molecule has 2 aromatic carbocycles. The molecule has 0 spiro atoms. The summed E-state index contributed by atoms with van der Waals surface area (Å²) < 4.78 is 31.5. The molecule has 0 fully saturated rings. The van der Waals surface area contributed by atoms with Crippen molar-refractivity contribution in [2.75, 3.05) is 20.8 Å².